The minimum absolute atomic E-state index is 0.126. The zero-order valence-corrected chi connectivity index (χ0v) is 42.0. The van der Waals surface area contributed by atoms with E-state index in [2.05, 4.69) is 280 Å². The van der Waals surface area contributed by atoms with Crippen molar-refractivity contribution in [3.63, 3.8) is 0 Å². The molecule has 2 aliphatic rings. The maximum Gasteiger partial charge on any atom is 0.0540 e. The molecule has 74 heavy (non-hydrogen) atoms. The summed E-state index contributed by atoms with van der Waals surface area (Å²) in [5.41, 5.74) is 17.4. The normalized spacial score (nSPS) is 13.9. The van der Waals surface area contributed by atoms with Gasteiger partial charge in [-0.2, -0.15) is 0 Å². The van der Waals surface area contributed by atoms with Gasteiger partial charge in [-0.05, 0) is 159 Å². The van der Waals surface area contributed by atoms with Crippen LogP contribution in [0.3, 0.4) is 0 Å². The molecule has 15 rings (SSSR count). The molecule has 0 fully saturated rings. The molecule has 2 heteroatoms. The fourth-order valence-corrected chi connectivity index (χ4v) is 13.4. The van der Waals surface area contributed by atoms with E-state index in [0.717, 1.165) is 34.1 Å². The van der Waals surface area contributed by atoms with Crippen LogP contribution in [-0.4, -0.2) is 0 Å². The molecule has 350 valence electrons. The van der Waals surface area contributed by atoms with Crippen LogP contribution in [0.5, 0.6) is 0 Å². The van der Waals surface area contributed by atoms with Gasteiger partial charge < -0.3 is 9.80 Å². The van der Waals surface area contributed by atoms with Crippen molar-refractivity contribution < 1.29 is 0 Å². The van der Waals surface area contributed by atoms with E-state index in [1.807, 2.05) is 0 Å². The summed E-state index contributed by atoms with van der Waals surface area (Å²) in [6, 6.07) is 91.1. The van der Waals surface area contributed by atoms with Gasteiger partial charge in [-0.3, -0.25) is 0 Å². The zero-order valence-electron chi connectivity index (χ0n) is 42.0. The standard InChI is InChI=1S/C72H52N2/c1-71(2)64-27-13-11-24-57(64)59-39-34-50(43-66(59)71)73(68-29-15-19-45-17-5-7-21-52(45)68)48-32-37-54-47(41-48)31-36-62-56-38-33-49(42-63(56)55-23-9-10-26-61(55)70(54)62)74(69-30-16-20-46-18-6-8-22-53(46)69)51-35-40-60-58-25-12-14-28-65(58)72(3,4)67(60)44-51/h5-44H,1-4H3. The van der Waals surface area contributed by atoms with Gasteiger partial charge in [0.05, 0.1) is 11.4 Å². The molecule has 2 nitrogen and oxygen atoms in total. The summed E-state index contributed by atoms with van der Waals surface area (Å²) in [7, 11) is 0. The number of benzene rings is 13. The molecule has 0 aromatic heterocycles. The lowest BCUT2D eigenvalue weighted by molar-refractivity contribution is 0.660. The fraction of sp³-hybridized carbons (Fsp3) is 0.0833. The molecule has 0 unspecified atom stereocenters. The second-order valence-corrected chi connectivity index (χ2v) is 21.6. The molecule has 2 aliphatic carbocycles. The summed E-state index contributed by atoms with van der Waals surface area (Å²) >= 11 is 0. The third-order valence-corrected chi connectivity index (χ3v) is 17.0. The van der Waals surface area contributed by atoms with Crippen molar-refractivity contribution in [3.8, 4) is 22.3 Å². The maximum absolute atomic E-state index is 2.49. The lowest BCUT2D eigenvalue weighted by Crippen LogP contribution is -2.16. The first-order chi connectivity index (χ1) is 36.2. The van der Waals surface area contributed by atoms with Crippen molar-refractivity contribution >= 4 is 98.8 Å². The molecule has 0 N–H and O–H groups in total. The fourth-order valence-electron chi connectivity index (χ4n) is 13.4. The number of anilines is 6. The first-order valence-electron chi connectivity index (χ1n) is 26.1. The molecule has 0 saturated heterocycles. The largest absolute Gasteiger partial charge is 0.310 e. The molecule has 0 heterocycles. The van der Waals surface area contributed by atoms with Gasteiger partial charge in [0.25, 0.3) is 0 Å². The molecule has 0 amide bonds. The Morgan fingerprint density at radius 1 is 0.243 bits per heavy atom. The van der Waals surface area contributed by atoms with E-state index >= 15 is 0 Å². The predicted molar refractivity (Wildman–Crippen MR) is 316 cm³/mol. The van der Waals surface area contributed by atoms with Crippen LogP contribution in [0.25, 0.3) is 86.9 Å². The van der Waals surface area contributed by atoms with Crippen molar-refractivity contribution in [2.24, 2.45) is 0 Å². The Labute approximate surface area is 432 Å². The molecule has 0 bridgehead atoms. The summed E-state index contributed by atoms with van der Waals surface area (Å²) < 4.78 is 0. The van der Waals surface area contributed by atoms with Gasteiger partial charge in [0.1, 0.15) is 0 Å². The van der Waals surface area contributed by atoms with Crippen molar-refractivity contribution in [3.05, 3.63) is 265 Å². The Morgan fingerprint density at radius 2 is 0.635 bits per heavy atom. The molecule has 0 aliphatic heterocycles. The lowest BCUT2D eigenvalue weighted by atomic mass is 9.82. The summed E-state index contributed by atoms with van der Waals surface area (Å²) in [5.74, 6) is 0. The first-order valence-corrected chi connectivity index (χ1v) is 26.1. The van der Waals surface area contributed by atoms with Gasteiger partial charge in [-0.15, -0.1) is 0 Å². The van der Waals surface area contributed by atoms with Crippen molar-refractivity contribution in [2.45, 2.75) is 38.5 Å². The van der Waals surface area contributed by atoms with Crippen LogP contribution < -0.4 is 9.80 Å². The number of nitrogens with zero attached hydrogens (tertiary/aromatic N) is 2. The van der Waals surface area contributed by atoms with Gasteiger partial charge in [-0.1, -0.05) is 210 Å². The highest BCUT2D eigenvalue weighted by Crippen LogP contribution is 2.54. The number of hydrogen-bond donors (Lipinski definition) is 0. The highest BCUT2D eigenvalue weighted by Gasteiger charge is 2.37. The summed E-state index contributed by atoms with van der Waals surface area (Å²) in [6.45, 7) is 9.48. The highest BCUT2D eigenvalue weighted by molar-refractivity contribution is 6.32. The molecule has 13 aromatic rings. The van der Waals surface area contributed by atoms with E-state index < -0.39 is 0 Å². The Morgan fingerprint density at radius 3 is 1.22 bits per heavy atom. The van der Waals surface area contributed by atoms with E-state index in [-0.39, 0.29) is 10.8 Å². The van der Waals surface area contributed by atoms with Crippen LogP contribution >= 0.6 is 0 Å². The van der Waals surface area contributed by atoms with Crippen LogP contribution in [0.4, 0.5) is 34.1 Å². The van der Waals surface area contributed by atoms with Gasteiger partial charge >= 0.3 is 0 Å². The second-order valence-electron chi connectivity index (χ2n) is 21.6. The SMILES string of the molecule is CC1(C)c2ccccc2-c2ccc(N(c3ccc4c(ccc5c6ccc(N(c7ccc8c(c7)C(C)(C)c7ccccc7-8)c7cccc8ccccc78)cc6c6ccccc6c45)c3)c3cccc4ccccc34)cc21. The summed E-state index contributed by atoms with van der Waals surface area (Å²) in [4.78, 5) is 4.97. The second kappa shape index (κ2) is 15.8. The molecule has 0 saturated carbocycles. The van der Waals surface area contributed by atoms with Crippen LogP contribution in [0.15, 0.2) is 243 Å². The Balaban J connectivity index is 0.914. The zero-order chi connectivity index (χ0) is 49.5. The molecular weight excluding hydrogens is 893 g/mol. The van der Waals surface area contributed by atoms with Gasteiger partial charge in [-0.25, -0.2) is 0 Å². The summed E-state index contributed by atoms with van der Waals surface area (Å²) in [6.07, 6.45) is 0. The monoisotopic (exact) mass is 944 g/mol. The van der Waals surface area contributed by atoms with E-state index in [0.29, 0.717) is 0 Å². The third kappa shape index (κ3) is 6.12. The van der Waals surface area contributed by atoms with Gasteiger partial charge in [0.15, 0.2) is 0 Å². The average Bonchev–Trinajstić information content (AvgIpc) is 3.81. The highest BCUT2D eigenvalue weighted by atomic mass is 15.1. The Hall–Kier alpha value is -8.98. The van der Waals surface area contributed by atoms with Crippen LogP contribution in [0, 0.1) is 0 Å². The number of fused-ring (bicyclic) bond motifs is 16. The van der Waals surface area contributed by atoms with Crippen molar-refractivity contribution in [1.29, 1.82) is 0 Å². The Bertz CT molecular complexity index is 4480. The minimum Gasteiger partial charge on any atom is -0.310 e. The van der Waals surface area contributed by atoms with Crippen molar-refractivity contribution in [2.75, 3.05) is 9.80 Å². The lowest BCUT2D eigenvalue weighted by Gasteiger charge is -2.29. The van der Waals surface area contributed by atoms with Crippen LogP contribution in [0.2, 0.25) is 0 Å². The molecule has 0 spiro atoms. The quantitative estimate of drug-likeness (QED) is 0.153. The molecule has 0 atom stereocenters. The van der Waals surface area contributed by atoms with Crippen LogP contribution in [0.1, 0.15) is 49.9 Å². The van der Waals surface area contributed by atoms with Crippen molar-refractivity contribution in [1.82, 2.24) is 0 Å². The maximum atomic E-state index is 2.49. The minimum atomic E-state index is -0.130. The molecule has 13 aromatic carbocycles. The van der Waals surface area contributed by atoms with E-state index in [1.54, 1.807) is 0 Å². The smallest absolute Gasteiger partial charge is 0.0540 e. The van der Waals surface area contributed by atoms with E-state index in [4.69, 9.17) is 0 Å². The number of rotatable bonds is 6. The topological polar surface area (TPSA) is 6.48 Å². The third-order valence-electron chi connectivity index (χ3n) is 17.0. The first kappa shape index (κ1) is 42.7. The average molecular weight is 945 g/mol. The van der Waals surface area contributed by atoms with Gasteiger partial charge in [0, 0.05) is 44.4 Å². The molecule has 0 radical (unpaired) electrons. The van der Waals surface area contributed by atoms with Gasteiger partial charge in [0.2, 0.25) is 0 Å². The summed E-state index contributed by atoms with van der Waals surface area (Å²) in [5, 5.41) is 14.9. The Kier molecular flexibility index (Phi) is 9.09. The van der Waals surface area contributed by atoms with E-state index in [1.165, 1.54) is 109 Å². The van der Waals surface area contributed by atoms with Crippen LogP contribution in [-0.2, 0) is 10.8 Å². The predicted octanol–water partition coefficient (Wildman–Crippen LogP) is 20.2. The number of hydrogen-bond acceptors (Lipinski definition) is 2. The van der Waals surface area contributed by atoms with E-state index in [9.17, 15) is 0 Å². The molecular formula is C72H52N2.